The fourth-order valence-electron chi connectivity index (χ4n) is 6.27. The van der Waals surface area contributed by atoms with Gasteiger partial charge in [-0.05, 0) is 62.8 Å². The van der Waals surface area contributed by atoms with E-state index < -0.39 is 11.4 Å². The molecule has 3 aliphatic rings. The van der Waals surface area contributed by atoms with Crippen LogP contribution in [0.2, 0.25) is 10.0 Å². The molecule has 1 aliphatic heterocycles. The number of amides is 1. The number of carbonyl (C=O) groups is 1. The average molecular weight is 690 g/mol. The number of rotatable bonds is 10. The summed E-state index contributed by atoms with van der Waals surface area (Å²) < 4.78 is 33.2. The molecular weight excluding hydrogens is 654 g/mol. The highest BCUT2D eigenvalue weighted by Gasteiger charge is 2.39. The molecule has 2 aromatic heterocycles. The van der Waals surface area contributed by atoms with Crippen LogP contribution < -0.4 is 5.32 Å². The van der Waals surface area contributed by atoms with Crippen molar-refractivity contribution in [3.63, 3.8) is 0 Å². The van der Waals surface area contributed by atoms with Crippen molar-refractivity contribution in [1.29, 1.82) is 0 Å². The maximum atomic E-state index is 15.1. The van der Waals surface area contributed by atoms with Gasteiger partial charge in [-0.25, -0.2) is 9.37 Å². The molecule has 46 heavy (non-hydrogen) atoms. The number of aliphatic hydroxyl groups is 1. The quantitative estimate of drug-likeness (QED) is 0.190. The molecule has 13 heteroatoms. The van der Waals surface area contributed by atoms with Crippen molar-refractivity contribution in [2.24, 2.45) is 0 Å². The van der Waals surface area contributed by atoms with E-state index in [1.807, 2.05) is 0 Å². The molecular formula is C33H35Cl2FN4O5S. The number of thiazole rings is 1. The Bertz CT molecular complexity index is 1710. The number of aromatic nitrogens is 2. The molecule has 244 valence electrons. The van der Waals surface area contributed by atoms with Crippen molar-refractivity contribution < 1.29 is 28.3 Å². The average Bonchev–Trinajstić information content (AvgIpc) is 3.65. The van der Waals surface area contributed by atoms with Crippen molar-refractivity contribution in [1.82, 2.24) is 20.4 Å². The van der Waals surface area contributed by atoms with Gasteiger partial charge in [0, 0.05) is 48.8 Å². The molecule has 2 N–H and O–H groups in total. The van der Waals surface area contributed by atoms with Gasteiger partial charge in [-0.15, -0.1) is 11.3 Å². The lowest BCUT2D eigenvalue weighted by Crippen LogP contribution is -2.41. The predicted molar refractivity (Wildman–Crippen MR) is 174 cm³/mol. The van der Waals surface area contributed by atoms with Crippen LogP contribution in [0, 0.1) is 5.82 Å². The molecule has 0 unspecified atom stereocenters. The third-order valence-electron chi connectivity index (χ3n) is 9.12. The molecule has 2 saturated carbocycles. The second kappa shape index (κ2) is 13.5. The monoisotopic (exact) mass is 688 g/mol. The zero-order valence-electron chi connectivity index (χ0n) is 25.2. The number of fused-ring (bicyclic) bond motifs is 1. The van der Waals surface area contributed by atoms with Crippen LogP contribution in [0.1, 0.15) is 71.1 Å². The van der Waals surface area contributed by atoms with Crippen LogP contribution in [0.3, 0.4) is 0 Å². The van der Waals surface area contributed by atoms with Crippen LogP contribution in [0.4, 0.5) is 4.39 Å². The molecule has 7 rings (SSSR count). The third-order valence-corrected chi connectivity index (χ3v) is 10.9. The molecule has 0 radical (unpaired) electrons. The van der Waals surface area contributed by atoms with E-state index in [1.54, 1.807) is 24.3 Å². The number of nitrogens with one attached hydrogen (secondary N) is 1. The minimum Gasteiger partial charge on any atom is -0.383 e. The zero-order chi connectivity index (χ0) is 31.8. The molecule has 0 spiro atoms. The number of ether oxygens (including phenoxy) is 2. The van der Waals surface area contributed by atoms with E-state index in [2.05, 4.69) is 20.4 Å². The van der Waals surface area contributed by atoms with Crippen molar-refractivity contribution in [2.45, 2.75) is 62.8 Å². The summed E-state index contributed by atoms with van der Waals surface area (Å²) in [5.41, 5.74) is 1.30. The van der Waals surface area contributed by atoms with Crippen LogP contribution in [0.5, 0.6) is 0 Å². The first kappa shape index (κ1) is 31.9. The van der Waals surface area contributed by atoms with Crippen LogP contribution in [0.15, 0.2) is 34.9 Å². The standard InChI is InChI=1S/C33H35Cl2FN4O5S/c34-23-2-1-3-24(35)27(23)28-22(30(45-39-28)19-4-5-19)18-44-21-6-8-33(42,9-7-21)32-38-29-25(36)16-20(17-26(29)46-32)31(41)37-10-11-40-12-14-43-15-13-40/h1-3,16-17,19,21,42H,4-15,18H2,(H,37,41)/t21-,33+. The van der Waals surface area contributed by atoms with E-state index in [1.165, 1.54) is 17.4 Å². The van der Waals surface area contributed by atoms with E-state index in [0.717, 1.165) is 37.3 Å². The summed E-state index contributed by atoms with van der Waals surface area (Å²) in [4.78, 5) is 19.5. The van der Waals surface area contributed by atoms with Crippen LogP contribution in [-0.2, 0) is 21.7 Å². The molecule has 4 aromatic rings. The summed E-state index contributed by atoms with van der Waals surface area (Å²) in [7, 11) is 0. The number of morpholine rings is 1. The Morgan fingerprint density at radius 1 is 1.15 bits per heavy atom. The first-order chi connectivity index (χ1) is 22.3. The van der Waals surface area contributed by atoms with Crippen molar-refractivity contribution in [3.05, 3.63) is 68.1 Å². The normalized spacial score (nSPS) is 22.4. The fourth-order valence-corrected chi connectivity index (χ4v) is 8.01. The highest BCUT2D eigenvalue weighted by molar-refractivity contribution is 7.18. The minimum absolute atomic E-state index is 0.101. The Kier molecular flexibility index (Phi) is 9.35. The predicted octanol–water partition coefficient (Wildman–Crippen LogP) is 6.68. The smallest absolute Gasteiger partial charge is 0.251 e. The Balaban J connectivity index is 0.995. The lowest BCUT2D eigenvalue weighted by Gasteiger charge is -2.34. The Hall–Kier alpha value is -2.64. The largest absolute Gasteiger partial charge is 0.383 e. The first-order valence-corrected chi connectivity index (χ1v) is 17.3. The maximum absolute atomic E-state index is 15.1. The minimum atomic E-state index is -1.21. The van der Waals surface area contributed by atoms with Crippen molar-refractivity contribution in [2.75, 3.05) is 39.4 Å². The molecule has 1 saturated heterocycles. The summed E-state index contributed by atoms with van der Waals surface area (Å²) in [6.07, 6.45) is 3.99. The Morgan fingerprint density at radius 2 is 1.89 bits per heavy atom. The molecule has 0 atom stereocenters. The van der Waals surface area contributed by atoms with E-state index in [-0.39, 0.29) is 23.1 Å². The first-order valence-electron chi connectivity index (χ1n) is 15.7. The molecule has 0 bridgehead atoms. The number of hydrogen-bond donors (Lipinski definition) is 2. The molecule has 3 heterocycles. The van der Waals surface area contributed by atoms with Crippen LogP contribution in [0.25, 0.3) is 21.5 Å². The topological polar surface area (TPSA) is 110 Å². The summed E-state index contributed by atoms with van der Waals surface area (Å²) in [5, 5.41) is 20.3. The van der Waals surface area contributed by atoms with Crippen LogP contribution >= 0.6 is 34.5 Å². The van der Waals surface area contributed by atoms with E-state index in [4.69, 9.17) is 37.2 Å². The number of nitrogens with zero attached hydrogens (tertiary/aromatic N) is 3. The second-order valence-electron chi connectivity index (χ2n) is 12.3. The summed E-state index contributed by atoms with van der Waals surface area (Å²) in [6.45, 7) is 4.50. The number of hydrogen-bond acceptors (Lipinski definition) is 9. The summed E-state index contributed by atoms with van der Waals surface area (Å²) in [5.74, 6) is 0.227. The van der Waals surface area contributed by atoms with Crippen molar-refractivity contribution >= 4 is 50.7 Å². The fraction of sp³-hybridized carbons (Fsp3) is 0.485. The van der Waals surface area contributed by atoms with Gasteiger partial charge in [-0.2, -0.15) is 0 Å². The van der Waals surface area contributed by atoms with Gasteiger partial charge in [0.25, 0.3) is 5.91 Å². The summed E-state index contributed by atoms with van der Waals surface area (Å²) >= 11 is 14.2. The Labute approximate surface area is 280 Å². The van der Waals surface area contributed by atoms with Crippen LogP contribution in [-0.4, -0.2) is 71.6 Å². The number of carbonyl (C=O) groups excluding carboxylic acids is 1. The van der Waals surface area contributed by atoms with Gasteiger partial charge >= 0.3 is 0 Å². The van der Waals surface area contributed by atoms with E-state index in [9.17, 15) is 9.90 Å². The zero-order valence-corrected chi connectivity index (χ0v) is 27.5. The molecule has 2 aromatic carbocycles. The summed E-state index contributed by atoms with van der Waals surface area (Å²) in [6, 6.07) is 8.21. The molecule has 9 nitrogen and oxygen atoms in total. The third kappa shape index (κ3) is 6.69. The van der Waals surface area contributed by atoms with Gasteiger partial charge in [-0.1, -0.05) is 34.4 Å². The molecule has 1 amide bonds. The molecule has 2 aliphatic carbocycles. The van der Waals surface area contributed by atoms with Gasteiger partial charge in [-0.3, -0.25) is 9.69 Å². The maximum Gasteiger partial charge on any atom is 0.251 e. The molecule has 3 fully saturated rings. The van der Waals surface area contributed by atoms with Gasteiger partial charge < -0.3 is 24.4 Å². The lowest BCUT2D eigenvalue weighted by atomic mass is 9.83. The highest BCUT2D eigenvalue weighted by Crippen LogP contribution is 2.47. The highest BCUT2D eigenvalue weighted by atomic mass is 35.5. The number of halogens is 3. The SMILES string of the molecule is O=C(NCCN1CCOCC1)c1cc(F)c2nc([C@]3(O)CC[C@@H](OCc4c(-c5c(Cl)cccc5Cl)noc4C4CC4)CC3)sc2c1. The van der Waals surface area contributed by atoms with E-state index in [0.29, 0.717) is 95.5 Å². The Morgan fingerprint density at radius 3 is 2.61 bits per heavy atom. The number of benzene rings is 2. The van der Waals surface area contributed by atoms with Crippen molar-refractivity contribution in [3.8, 4) is 11.3 Å². The van der Waals surface area contributed by atoms with Gasteiger partial charge in [0.05, 0.1) is 40.7 Å². The van der Waals surface area contributed by atoms with E-state index >= 15 is 4.39 Å². The van der Waals surface area contributed by atoms with Gasteiger partial charge in [0.1, 0.15) is 27.6 Å². The second-order valence-corrected chi connectivity index (χ2v) is 14.2. The lowest BCUT2D eigenvalue weighted by molar-refractivity contribution is -0.0641. The van der Waals surface area contributed by atoms with Gasteiger partial charge in [0.15, 0.2) is 5.82 Å². The van der Waals surface area contributed by atoms with Gasteiger partial charge in [0.2, 0.25) is 0 Å².